The molecule has 0 aliphatic carbocycles. The third-order valence-electron chi connectivity index (χ3n) is 3.93. The van der Waals surface area contributed by atoms with E-state index in [-0.39, 0.29) is 6.42 Å². The molecule has 150 valence electrons. The lowest BCUT2D eigenvalue weighted by atomic mass is 10.1. The van der Waals surface area contributed by atoms with Gasteiger partial charge in [0.1, 0.15) is 0 Å². The molecule has 28 heavy (non-hydrogen) atoms. The molecule has 0 fully saturated rings. The van der Waals surface area contributed by atoms with E-state index >= 15 is 0 Å². The summed E-state index contributed by atoms with van der Waals surface area (Å²) in [5, 5.41) is 3.36. The Bertz CT molecular complexity index is 856. The van der Waals surface area contributed by atoms with Crippen molar-refractivity contribution in [3.05, 3.63) is 52.0 Å². The van der Waals surface area contributed by atoms with Crippen LogP contribution >= 0.6 is 23.2 Å². The average Bonchev–Trinajstić information content (AvgIpc) is 2.68. The van der Waals surface area contributed by atoms with Crippen molar-refractivity contribution in [1.82, 2.24) is 0 Å². The van der Waals surface area contributed by atoms with Crippen molar-refractivity contribution < 1.29 is 23.8 Å². The van der Waals surface area contributed by atoms with Crippen LogP contribution in [-0.2, 0) is 20.7 Å². The van der Waals surface area contributed by atoms with Crippen LogP contribution in [0.3, 0.4) is 0 Å². The summed E-state index contributed by atoms with van der Waals surface area (Å²) in [5.41, 5.74) is 1.24. The first-order valence-electron chi connectivity index (χ1n) is 8.50. The fourth-order valence-corrected chi connectivity index (χ4v) is 2.76. The maximum Gasteiger partial charge on any atom is 0.306 e. The van der Waals surface area contributed by atoms with Crippen LogP contribution < -0.4 is 14.8 Å². The normalized spacial score (nSPS) is 11.5. The molecule has 0 bridgehead atoms. The van der Waals surface area contributed by atoms with Gasteiger partial charge in [0.2, 0.25) is 0 Å². The Labute approximate surface area is 173 Å². The van der Waals surface area contributed by atoms with Gasteiger partial charge in [0, 0.05) is 11.4 Å². The minimum absolute atomic E-state index is 0.116. The molecule has 2 aromatic rings. The van der Waals surface area contributed by atoms with Crippen LogP contribution in [0.25, 0.3) is 0 Å². The monoisotopic (exact) mass is 425 g/mol. The Morgan fingerprint density at radius 3 is 2.43 bits per heavy atom. The van der Waals surface area contributed by atoms with Gasteiger partial charge in [-0.15, -0.1) is 0 Å². The van der Waals surface area contributed by atoms with E-state index in [0.717, 1.165) is 5.56 Å². The molecule has 2 aromatic carbocycles. The summed E-state index contributed by atoms with van der Waals surface area (Å²) in [6.07, 6.45) is -0.425. The SMILES string of the molecule is COc1ccc(CCC(=O)OC(C)C(=O)Nc2cc(Cl)ccc2Cl)cc1OC. The first kappa shape index (κ1) is 21.9. The van der Waals surface area contributed by atoms with E-state index in [1.165, 1.54) is 13.0 Å². The lowest BCUT2D eigenvalue weighted by molar-refractivity contribution is -0.153. The molecule has 0 aromatic heterocycles. The van der Waals surface area contributed by atoms with Crippen molar-refractivity contribution in [2.24, 2.45) is 0 Å². The first-order chi connectivity index (χ1) is 13.3. The number of carbonyl (C=O) groups is 2. The highest BCUT2D eigenvalue weighted by Gasteiger charge is 2.19. The maximum absolute atomic E-state index is 12.2. The molecule has 0 radical (unpaired) electrons. The van der Waals surface area contributed by atoms with Crippen molar-refractivity contribution in [1.29, 1.82) is 0 Å². The minimum atomic E-state index is -0.979. The summed E-state index contributed by atoms with van der Waals surface area (Å²) in [7, 11) is 3.10. The van der Waals surface area contributed by atoms with E-state index in [9.17, 15) is 9.59 Å². The molecule has 0 spiro atoms. The summed E-state index contributed by atoms with van der Waals surface area (Å²) in [6, 6.07) is 10.1. The van der Waals surface area contributed by atoms with E-state index in [4.69, 9.17) is 37.4 Å². The second kappa shape index (κ2) is 10.2. The Kier molecular flexibility index (Phi) is 7.96. The zero-order chi connectivity index (χ0) is 20.7. The molecular formula is C20H21Cl2NO5. The van der Waals surface area contributed by atoms with Crippen molar-refractivity contribution in [2.75, 3.05) is 19.5 Å². The van der Waals surface area contributed by atoms with Crippen LogP contribution in [0.15, 0.2) is 36.4 Å². The number of hydrogen-bond acceptors (Lipinski definition) is 5. The molecule has 0 aliphatic rings. The van der Waals surface area contributed by atoms with Crippen molar-refractivity contribution in [3.8, 4) is 11.5 Å². The van der Waals surface area contributed by atoms with Gasteiger partial charge in [0.25, 0.3) is 5.91 Å². The van der Waals surface area contributed by atoms with E-state index in [1.54, 1.807) is 38.5 Å². The quantitative estimate of drug-likeness (QED) is 0.629. The topological polar surface area (TPSA) is 73.9 Å². The van der Waals surface area contributed by atoms with E-state index < -0.39 is 18.0 Å². The van der Waals surface area contributed by atoms with Gasteiger partial charge in [-0.3, -0.25) is 9.59 Å². The van der Waals surface area contributed by atoms with Gasteiger partial charge >= 0.3 is 5.97 Å². The van der Waals surface area contributed by atoms with E-state index in [0.29, 0.717) is 33.7 Å². The molecule has 1 N–H and O–H groups in total. The number of anilines is 1. The summed E-state index contributed by atoms with van der Waals surface area (Å²) < 4.78 is 15.6. The number of halogens is 2. The number of methoxy groups -OCH3 is 2. The highest BCUT2D eigenvalue weighted by molar-refractivity contribution is 6.35. The number of nitrogens with one attached hydrogen (secondary N) is 1. The Morgan fingerprint density at radius 1 is 1.04 bits per heavy atom. The van der Waals surface area contributed by atoms with Gasteiger partial charge in [0.15, 0.2) is 17.6 Å². The van der Waals surface area contributed by atoms with Gasteiger partial charge in [0.05, 0.1) is 24.9 Å². The number of ether oxygens (including phenoxy) is 3. The molecular weight excluding hydrogens is 405 g/mol. The van der Waals surface area contributed by atoms with Crippen LogP contribution in [-0.4, -0.2) is 32.2 Å². The molecule has 0 heterocycles. The second-order valence-corrected chi connectivity index (χ2v) is 6.78. The van der Waals surface area contributed by atoms with E-state index in [2.05, 4.69) is 5.32 Å². The van der Waals surface area contributed by atoms with Crippen molar-refractivity contribution in [3.63, 3.8) is 0 Å². The summed E-state index contributed by atoms with van der Waals surface area (Å²) >= 11 is 11.9. The first-order valence-corrected chi connectivity index (χ1v) is 9.26. The Hall–Kier alpha value is -2.44. The summed E-state index contributed by atoms with van der Waals surface area (Å²) in [6.45, 7) is 1.49. The fraction of sp³-hybridized carbons (Fsp3) is 0.300. The smallest absolute Gasteiger partial charge is 0.306 e. The van der Waals surface area contributed by atoms with E-state index in [1.807, 2.05) is 6.07 Å². The van der Waals surface area contributed by atoms with Crippen LogP contribution in [0.5, 0.6) is 11.5 Å². The van der Waals surface area contributed by atoms with Crippen LogP contribution in [0, 0.1) is 0 Å². The van der Waals surface area contributed by atoms with Crippen LogP contribution in [0.4, 0.5) is 5.69 Å². The number of hydrogen-bond donors (Lipinski definition) is 1. The van der Waals surface area contributed by atoms with Gasteiger partial charge in [-0.1, -0.05) is 29.3 Å². The lowest BCUT2D eigenvalue weighted by Gasteiger charge is -2.14. The molecule has 1 unspecified atom stereocenters. The van der Waals surface area contributed by atoms with Crippen LogP contribution in [0.2, 0.25) is 10.0 Å². The Morgan fingerprint density at radius 2 is 1.75 bits per heavy atom. The average molecular weight is 426 g/mol. The highest BCUT2D eigenvalue weighted by atomic mass is 35.5. The zero-order valence-electron chi connectivity index (χ0n) is 15.8. The van der Waals surface area contributed by atoms with Crippen molar-refractivity contribution >= 4 is 40.8 Å². The number of aryl methyl sites for hydroxylation is 1. The highest BCUT2D eigenvalue weighted by Crippen LogP contribution is 2.28. The number of rotatable bonds is 8. The van der Waals surface area contributed by atoms with Gasteiger partial charge in [-0.2, -0.15) is 0 Å². The number of benzene rings is 2. The molecule has 8 heteroatoms. The molecule has 6 nitrogen and oxygen atoms in total. The third kappa shape index (κ3) is 6.04. The predicted molar refractivity (Wildman–Crippen MR) is 109 cm³/mol. The largest absolute Gasteiger partial charge is 0.493 e. The zero-order valence-corrected chi connectivity index (χ0v) is 17.3. The lowest BCUT2D eigenvalue weighted by Crippen LogP contribution is -2.30. The molecule has 2 rings (SSSR count). The second-order valence-electron chi connectivity index (χ2n) is 5.93. The summed E-state index contributed by atoms with van der Waals surface area (Å²) in [4.78, 5) is 24.3. The predicted octanol–water partition coefficient (Wildman–Crippen LogP) is 4.51. The molecule has 1 amide bonds. The Balaban J connectivity index is 1.88. The number of carbonyl (C=O) groups excluding carboxylic acids is 2. The van der Waals surface area contributed by atoms with Crippen molar-refractivity contribution in [2.45, 2.75) is 25.9 Å². The van der Waals surface area contributed by atoms with Gasteiger partial charge < -0.3 is 19.5 Å². The number of esters is 1. The maximum atomic E-state index is 12.2. The minimum Gasteiger partial charge on any atom is -0.493 e. The van der Waals surface area contributed by atoms with Gasteiger partial charge in [-0.05, 0) is 49.2 Å². The molecule has 0 saturated carbocycles. The fourth-order valence-electron chi connectivity index (χ4n) is 2.42. The third-order valence-corrected chi connectivity index (χ3v) is 4.49. The van der Waals surface area contributed by atoms with Crippen LogP contribution in [0.1, 0.15) is 18.9 Å². The molecule has 0 aliphatic heterocycles. The molecule has 1 atom stereocenters. The standard InChI is InChI=1S/C20H21Cl2NO5/c1-12(20(25)23-16-11-14(21)6-7-15(16)22)28-19(24)9-5-13-4-8-17(26-2)18(10-13)27-3/h4,6-8,10-12H,5,9H2,1-3H3,(H,23,25). The summed E-state index contributed by atoms with van der Waals surface area (Å²) in [5.74, 6) is 0.205. The van der Waals surface area contributed by atoms with Gasteiger partial charge in [-0.25, -0.2) is 0 Å². The molecule has 0 saturated heterocycles. The number of amides is 1.